The normalized spacial score (nSPS) is 12.6. The Morgan fingerprint density at radius 2 is 1.80 bits per heavy atom. The lowest BCUT2D eigenvalue weighted by atomic mass is 10.0. The van der Waals surface area contributed by atoms with Gasteiger partial charge in [0.1, 0.15) is 17.4 Å². The number of hydrogen-bond acceptors (Lipinski definition) is 5. The fraction of sp³-hybridized carbons (Fsp3) is 0.107. The number of amides is 1. The van der Waals surface area contributed by atoms with Crippen molar-refractivity contribution in [2.45, 2.75) is 19.5 Å². The summed E-state index contributed by atoms with van der Waals surface area (Å²) in [6.45, 7) is 1.76. The number of alkyl halides is 3. The molecule has 0 spiro atoms. The Morgan fingerprint density at radius 1 is 1.05 bits per heavy atom. The van der Waals surface area contributed by atoms with Crippen LogP contribution in [0.15, 0.2) is 66.4 Å². The smallest absolute Gasteiger partial charge is 0.454 e. The molecule has 1 aliphatic rings. The fourth-order valence-corrected chi connectivity index (χ4v) is 4.28. The van der Waals surface area contributed by atoms with Crippen molar-refractivity contribution >= 4 is 29.3 Å². The van der Waals surface area contributed by atoms with Crippen LogP contribution in [0.25, 0.3) is 11.8 Å². The van der Waals surface area contributed by atoms with Crippen LogP contribution >= 0.6 is 0 Å². The Balaban J connectivity index is 1.35. The van der Waals surface area contributed by atoms with Crippen LogP contribution in [-0.2, 0) is 11.2 Å². The number of hydrogen-bond donors (Lipinski definition) is 2. The van der Waals surface area contributed by atoms with E-state index >= 15 is 0 Å². The standard InChI is InChI=1S/C28H19F5N4O3/c1-14-8-18(40-24-5-3-2-4-20(24)29)6-7-23(14)37-26(34)19(13-35-37)25(38)17-9-15-11-21(30)22(12-16(15)10-17)36-27(39)28(31,32)33/h2-9,11-13H,10,34H2,1H3,(H,36,39). The quantitative estimate of drug-likeness (QED) is 0.220. The van der Waals surface area contributed by atoms with Gasteiger partial charge in [0.05, 0.1) is 23.1 Å². The van der Waals surface area contributed by atoms with Crippen molar-refractivity contribution in [2.24, 2.45) is 0 Å². The van der Waals surface area contributed by atoms with E-state index in [1.165, 1.54) is 34.4 Å². The van der Waals surface area contributed by atoms with Crippen LogP contribution in [0, 0.1) is 18.6 Å². The summed E-state index contributed by atoms with van der Waals surface area (Å²) in [5, 5.41) is 5.73. The van der Waals surface area contributed by atoms with E-state index in [9.17, 15) is 31.5 Å². The maximum atomic E-state index is 14.4. The van der Waals surface area contributed by atoms with Gasteiger partial charge in [-0.3, -0.25) is 9.59 Å². The number of nitrogens with one attached hydrogen (secondary N) is 1. The highest BCUT2D eigenvalue weighted by Gasteiger charge is 2.39. The van der Waals surface area contributed by atoms with Gasteiger partial charge in [0.2, 0.25) is 0 Å². The first-order valence-electron chi connectivity index (χ1n) is 11.7. The molecule has 3 N–H and O–H groups in total. The van der Waals surface area contributed by atoms with Gasteiger partial charge in [-0.05, 0) is 72.2 Å². The number of nitrogens with two attached hydrogens (primary N) is 1. The van der Waals surface area contributed by atoms with Crippen LogP contribution in [0.5, 0.6) is 11.5 Å². The number of anilines is 2. The number of nitrogens with zero attached hydrogens (tertiary/aromatic N) is 2. The minimum Gasteiger partial charge on any atom is -0.454 e. The average molecular weight is 554 g/mol. The third-order valence-electron chi connectivity index (χ3n) is 6.25. The Kier molecular flexibility index (Phi) is 6.62. The maximum Gasteiger partial charge on any atom is 0.471 e. The zero-order chi connectivity index (χ0) is 28.8. The zero-order valence-electron chi connectivity index (χ0n) is 20.6. The number of benzene rings is 3. The van der Waals surface area contributed by atoms with Gasteiger partial charge >= 0.3 is 12.1 Å². The van der Waals surface area contributed by atoms with E-state index in [0.717, 1.165) is 12.1 Å². The number of fused-ring (bicyclic) bond motifs is 1. The second-order valence-corrected chi connectivity index (χ2v) is 8.99. The molecule has 1 heterocycles. The van der Waals surface area contributed by atoms with E-state index in [1.54, 1.807) is 37.3 Å². The molecule has 1 amide bonds. The lowest BCUT2D eigenvalue weighted by Crippen LogP contribution is -2.30. The highest BCUT2D eigenvalue weighted by atomic mass is 19.4. The number of allylic oxidation sites excluding steroid dienone is 1. The second-order valence-electron chi connectivity index (χ2n) is 8.99. The zero-order valence-corrected chi connectivity index (χ0v) is 20.6. The van der Waals surface area contributed by atoms with Crippen LogP contribution < -0.4 is 15.8 Å². The molecule has 5 rings (SSSR count). The molecule has 12 heteroatoms. The lowest BCUT2D eigenvalue weighted by Gasteiger charge is -2.12. The molecular weight excluding hydrogens is 535 g/mol. The summed E-state index contributed by atoms with van der Waals surface area (Å²) in [6, 6.07) is 12.9. The number of aromatic nitrogens is 2. The molecule has 7 nitrogen and oxygen atoms in total. The number of Topliss-reactive ketones (excluding diaryl/α,β-unsaturated/α-hetero) is 1. The van der Waals surface area contributed by atoms with Gasteiger partial charge in [0, 0.05) is 12.0 Å². The van der Waals surface area contributed by atoms with Gasteiger partial charge in [0.25, 0.3) is 0 Å². The second kappa shape index (κ2) is 9.95. The molecule has 0 saturated carbocycles. The molecular formula is C28H19F5N4O3. The highest BCUT2D eigenvalue weighted by Crippen LogP contribution is 2.34. The summed E-state index contributed by atoms with van der Waals surface area (Å²) < 4.78 is 73.0. The van der Waals surface area contributed by atoms with Crippen molar-refractivity contribution in [3.63, 3.8) is 0 Å². The van der Waals surface area contributed by atoms with Gasteiger partial charge in [-0.2, -0.15) is 18.3 Å². The number of carbonyl (C=O) groups excluding carboxylic acids is 2. The van der Waals surface area contributed by atoms with Gasteiger partial charge in [-0.15, -0.1) is 0 Å². The van der Waals surface area contributed by atoms with Crippen LogP contribution in [-0.4, -0.2) is 27.6 Å². The number of aryl methyl sites for hydroxylation is 1. The Morgan fingerprint density at radius 3 is 2.50 bits per heavy atom. The van der Waals surface area contributed by atoms with Crippen molar-refractivity contribution in [1.82, 2.24) is 9.78 Å². The molecule has 0 aliphatic heterocycles. The predicted molar refractivity (Wildman–Crippen MR) is 136 cm³/mol. The van der Waals surface area contributed by atoms with Crippen molar-refractivity contribution in [3.05, 3.63) is 100 Å². The van der Waals surface area contributed by atoms with E-state index in [1.807, 2.05) is 0 Å². The number of ether oxygens (including phenoxy) is 1. The summed E-state index contributed by atoms with van der Waals surface area (Å²) in [4.78, 5) is 24.5. The first-order valence-corrected chi connectivity index (χ1v) is 11.7. The summed E-state index contributed by atoms with van der Waals surface area (Å²) in [7, 11) is 0. The molecule has 1 aliphatic carbocycles. The SMILES string of the molecule is Cc1cc(Oc2ccccc2F)ccc1-n1ncc(C(=O)C2=Cc3cc(F)c(NC(=O)C(F)(F)F)cc3C2)c1N. The molecule has 0 fully saturated rings. The van der Waals surface area contributed by atoms with Crippen LogP contribution in [0.3, 0.4) is 0 Å². The number of rotatable bonds is 6. The molecule has 0 saturated heterocycles. The number of carbonyl (C=O) groups is 2. The number of para-hydroxylation sites is 1. The Bertz CT molecular complexity index is 1710. The van der Waals surface area contributed by atoms with E-state index in [0.29, 0.717) is 22.6 Å². The predicted octanol–water partition coefficient (Wildman–Crippen LogP) is 6.16. The van der Waals surface area contributed by atoms with Gasteiger partial charge < -0.3 is 15.8 Å². The summed E-state index contributed by atoms with van der Waals surface area (Å²) >= 11 is 0. The molecule has 3 aromatic carbocycles. The molecule has 0 unspecified atom stereocenters. The topological polar surface area (TPSA) is 99.2 Å². The minimum atomic E-state index is -5.19. The maximum absolute atomic E-state index is 14.4. The van der Waals surface area contributed by atoms with E-state index in [-0.39, 0.29) is 34.7 Å². The summed E-state index contributed by atoms with van der Waals surface area (Å²) in [5.74, 6) is -3.95. The molecule has 1 aromatic heterocycles. The van der Waals surface area contributed by atoms with Gasteiger partial charge in [0.15, 0.2) is 17.3 Å². The van der Waals surface area contributed by atoms with Gasteiger partial charge in [-0.1, -0.05) is 12.1 Å². The first-order chi connectivity index (χ1) is 18.9. The average Bonchev–Trinajstić information content (AvgIpc) is 3.48. The molecule has 204 valence electrons. The van der Waals surface area contributed by atoms with Crippen LogP contribution in [0.4, 0.5) is 33.5 Å². The van der Waals surface area contributed by atoms with Crippen molar-refractivity contribution in [3.8, 4) is 17.2 Å². The molecule has 0 bridgehead atoms. The molecule has 0 radical (unpaired) electrons. The van der Waals surface area contributed by atoms with Crippen LogP contribution in [0.2, 0.25) is 0 Å². The summed E-state index contributed by atoms with van der Waals surface area (Å²) in [5.41, 5.74) is 7.74. The van der Waals surface area contributed by atoms with Crippen molar-refractivity contribution < 1.29 is 36.3 Å². The Labute approximate surface area is 223 Å². The largest absolute Gasteiger partial charge is 0.471 e. The lowest BCUT2D eigenvalue weighted by molar-refractivity contribution is -0.167. The number of ketones is 1. The van der Waals surface area contributed by atoms with Crippen LogP contribution in [0.1, 0.15) is 27.0 Å². The minimum absolute atomic E-state index is 0.0188. The molecule has 40 heavy (non-hydrogen) atoms. The Hall–Kier alpha value is -5.00. The van der Waals surface area contributed by atoms with Crippen molar-refractivity contribution in [2.75, 3.05) is 11.1 Å². The number of halogens is 5. The molecule has 4 aromatic rings. The summed E-state index contributed by atoms with van der Waals surface area (Å²) in [6.07, 6.45) is -2.52. The fourth-order valence-electron chi connectivity index (χ4n) is 4.28. The monoisotopic (exact) mass is 554 g/mol. The molecule has 0 atom stereocenters. The first kappa shape index (κ1) is 26.6. The third-order valence-corrected chi connectivity index (χ3v) is 6.25. The van der Waals surface area contributed by atoms with Crippen molar-refractivity contribution in [1.29, 1.82) is 0 Å². The van der Waals surface area contributed by atoms with E-state index in [4.69, 9.17) is 10.5 Å². The number of nitrogen functional groups attached to an aromatic ring is 1. The van der Waals surface area contributed by atoms with E-state index in [2.05, 4.69) is 5.10 Å². The van der Waals surface area contributed by atoms with Gasteiger partial charge in [-0.25, -0.2) is 13.5 Å². The van der Waals surface area contributed by atoms with E-state index < -0.39 is 35.2 Å². The third kappa shape index (κ3) is 5.03. The highest BCUT2D eigenvalue weighted by molar-refractivity contribution is 6.15.